The van der Waals surface area contributed by atoms with Crippen molar-refractivity contribution in [2.75, 3.05) is 4.90 Å². The Bertz CT molecular complexity index is 2920. The molecule has 0 spiro atoms. The third-order valence-corrected chi connectivity index (χ3v) is 10.5. The highest BCUT2D eigenvalue weighted by Crippen LogP contribution is 2.43. The first-order valence-electron chi connectivity index (χ1n) is 18.4. The minimum Gasteiger partial charge on any atom is -0.455 e. The van der Waals surface area contributed by atoms with Gasteiger partial charge in [0.25, 0.3) is 0 Å². The first-order valence-corrected chi connectivity index (χ1v) is 18.4. The smallest absolute Gasteiger partial charge is 0.143 e. The van der Waals surface area contributed by atoms with Gasteiger partial charge in [-0.3, -0.25) is 0 Å². The van der Waals surface area contributed by atoms with Crippen molar-refractivity contribution in [2.24, 2.45) is 0 Å². The third kappa shape index (κ3) is 5.71. The molecule has 1 aromatic heterocycles. The first-order chi connectivity index (χ1) is 26.8. The van der Waals surface area contributed by atoms with Crippen LogP contribution in [-0.2, 0) is 0 Å². The summed E-state index contributed by atoms with van der Waals surface area (Å²) in [5.74, 6) is 0.884. The lowest BCUT2D eigenvalue weighted by Gasteiger charge is -2.27. The van der Waals surface area contributed by atoms with E-state index in [9.17, 15) is 0 Å². The molecule has 10 rings (SSSR count). The number of anilines is 3. The summed E-state index contributed by atoms with van der Waals surface area (Å²) < 4.78 is 6.56. The van der Waals surface area contributed by atoms with Gasteiger partial charge < -0.3 is 9.32 Å². The van der Waals surface area contributed by atoms with E-state index in [4.69, 9.17) is 4.42 Å². The SMILES string of the molecule is c1ccc(-c2c(-c3cccc(-c4ccc(N(c5ccc(-c6ccc7ccccc7c6)cc5)c5cccc6ccccc56)cc4)c3)oc3ccccc23)cc1. The van der Waals surface area contributed by atoms with Crippen molar-refractivity contribution < 1.29 is 4.42 Å². The van der Waals surface area contributed by atoms with Crippen molar-refractivity contribution in [3.63, 3.8) is 0 Å². The summed E-state index contributed by atoms with van der Waals surface area (Å²) in [5.41, 5.74) is 12.2. The Hall–Kier alpha value is -7.16. The summed E-state index contributed by atoms with van der Waals surface area (Å²) in [4.78, 5) is 2.37. The Morgan fingerprint density at radius 2 is 0.852 bits per heavy atom. The van der Waals surface area contributed by atoms with E-state index in [0.717, 1.165) is 61.6 Å². The van der Waals surface area contributed by atoms with Gasteiger partial charge in [0.2, 0.25) is 0 Å². The second kappa shape index (κ2) is 13.4. The van der Waals surface area contributed by atoms with E-state index in [1.807, 2.05) is 12.1 Å². The van der Waals surface area contributed by atoms with Crippen LogP contribution in [-0.4, -0.2) is 0 Å². The molecule has 0 saturated carbocycles. The number of para-hydroxylation sites is 1. The van der Waals surface area contributed by atoms with Crippen LogP contribution in [0.5, 0.6) is 0 Å². The van der Waals surface area contributed by atoms with E-state index in [1.165, 1.54) is 32.7 Å². The molecule has 0 aliphatic carbocycles. The Morgan fingerprint density at radius 3 is 1.61 bits per heavy atom. The fraction of sp³-hybridized carbons (Fsp3) is 0. The molecule has 2 heteroatoms. The highest BCUT2D eigenvalue weighted by Gasteiger charge is 2.19. The molecule has 0 N–H and O–H groups in total. The fourth-order valence-electron chi connectivity index (χ4n) is 7.79. The number of hydrogen-bond acceptors (Lipinski definition) is 2. The maximum atomic E-state index is 6.56. The largest absolute Gasteiger partial charge is 0.455 e. The molecular formula is C52H35NO. The maximum absolute atomic E-state index is 6.56. The summed E-state index contributed by atoms with van der Waals surface area (Å²) in [6.07, 6.45) is 0. The first kappa shape index (κ1) is 31.6. The number of furan rings is 1. The third-order valence-electron chi connectivity index (χ3n) is 10.5. The molecule has 0 unspecified atom stereocenters. The summed E-state index contributed by atoms with van der Waals surface area (Å²) in [6.45, 7) is 0. The van der Waals surface area contributed by atoms with E-state index in [-0.39, 0.29) is 0 Å². The molecule has 0 saturated heterocycles. The molecule has 0 aliphatic rings. The summed E-state index contributed by atoms with van der Waals surface area (Å²) >= 11 is 0. The van der Waals surface area contributed by atoms with Crippen LogP contribution in [0.3, 0.4) is 0 Å². The monoisotopic (exact) mass is 689 g/mol. The lowest BCUT2D eigenvalue weighted by atomic mass is 9.96. The Balaban J connectivity index is 1.04. The minimum absolute atomic E-state index is 0.884. The van der Waals surface area contributed by atoms with Crippen LogP contribution in [0.2, 0.25) is 0 Å². The van der Waals surface area contributed by atoms with Gasteiger partial charge in [-0.25, -0.2) is 0 Å². The van der Waals surface area contributed by atoms with Gasteiger partial charge in [-0.1, -0.05) is 164 Å². The van der Waals surface area contributed by atoms with Gasteiger partial charge in [-0.05, 0) is 92.5 Å². The van der Waals surface area contributed by atoms with Crippen molar-refractivity contribution in [3.05, 3.63) is 212 Å². The van der Waals surface area contributed by atoms with E-state index in [0.29, 0.717) is 0 Å². The Morgan fingerprint density at radius 1 is 0.315 bits per heavy atom. The predicted molar refractivity (Wildman–Crippen MR) is 228 cm³/mol. The molecular weight excluding hydrogens is 655 g/mol. The number of hydrogen-bond donors (Lipinski definition) is 0. The van der Waals surface area contributed by atoms with Crippen molar-refractivity contribution in [2.45, 2.75) is 0 Å². The summed E-state index contributed by atoms with van der Waals surface area (Å²) in [5, 5.41) is 6.03. The van der Waals surface area contributed by atoms with E-state index < -0.39 is 0 Å². The van der Waals surface area contributed by atoms with E-state index in [2.05, 4.69) is 205 Å². The number of rotatable bonds is 7. The zero-order valence-electron chi connectivity index (χ0n) is 29.6. The molecule has 10 aromatic rings. The molecule has 0 amide bonds. The molecule has 0 fully saturated rings. The normalized spacial score (nSPS) is 11.3. The van der Waals surface area contributed by atoms with Crippen molar-refractivity contribution in [3.8, 4) is 44.7 Å². The molecule has 254 valence electrons. The van der Waals surface area contributed by atoms with Gasteiger partial charge in [0, 0.05) is 33.3 Å². The molecule has 9 aromatic carbocycles. The summed E-state index contributed by atoms with van der Waals surface area (Å²) in [7, 11) is 0. The van der Waals surface area contributed by atoms with Gasteiger partial charge in [0.05, 0.1) is 5.69 Å². The van der Waals surface area contributed by atoms with Crippen LogP contribution in [0.25, 0.3) is 77.2 Å². The molecule has 0 bridgehead atoms. The van der Waals surface area contributed by atoms with Crippen LogP contribution in [0.4, 0.5) is 17.1 Å². The fourth-order valence-corrected chi connectivity index (χ4v) is 7.79. The Labute approximate surface area is 314 Å². The lowest BCUT2D eigenvalue weighted by Crippen LogP contribution is -2.10. The zero-order valence-corrected chi connectivity index (χ0v) is 29.6. The van der Waals surface area contributed by atoms with Crippen LogP contribution in [0.15, 0.2) is 217 Å². The van der Waals surface area contributed by atoms with E-state index >= 15 is 0 Å². The van der Waals surface area contributed by atoms with E-state index in [1.54, 1.807) is 0 Å². The van der Waals surface area contributed by atoms with Crippen LogP contribution in [0.1, 0.15) is 0 Å². The van der Waals surface area contributed by atoms with Crippen molar-refractivity contribution in [1.82, 2.24) is 0 Å². The van der Waals surface area contributed by atoms with Crippen molar-refractivity contribution in [1.29, 1.82) is 0 Å². The van der Waals surface area contributed by atoms with Crippen LogP contribution in [0, 0.1) is 0 Å². The van der Waals surface area contributed by atoms with Gasteiger partial charge >= 0.3 is 0 Å². The van der Waals surface area contributed by atoms with Crippen molar-refractivity contribution >= 4 is 49.6 Å². The lowest BCUT2D eigenvalue weighted by molar-refractivity contribution is 0.632. The molecule has 2 nitrogen and oxygen atoms in total. The van der Waals surface area contributed by atoms with Gasteiger partial charge in [-0.15, -0.1) is 0 Å². The second-order valence-corrected chi connectivity index (χ2v) is 13.7. The highest BCUT2D eigenvalue weighted by atomic mass is 16.3. The molecule has 0 atom stereocenters. The molecule has 54 heavy (non-hydrogen) atoms. The highest BCUT2D eigenvalue weighted by molar-refractivity contribution is 6.02. The van der Waals surface area contributed by atoms with Gasteiger partial charge in [0.1, 0.15) is 11.3 Å². The average Bonchev–Trinajstić information content (AvgIpc) is 3.64. The van der Waals surface area contributed by atoms with Crippen LogP contribution < -0.4 is 4.90 Å². The Kier molecular flexibility index (Phi) is 7.85. The van der Waals surface area contributed by atoms with Gasteiger partial charge in [-0.2, -0.15) is 0 Å². The average molecular weight is 690 g/mol. The topological polar surface area (TPSA) is 16.4 Å². The molecule has 0 aliphatic heterocycles. The molecule has 1 heterocycles. The van der Waals surface area contributed by atoms with Gasteiger partial charge in [0.15, 0.2) is 0 Å². The number of fused-ring (bicyclic) bond motifs is 3. The quantitative estimate of drug-likeness (QED) is 0.166. The standard InChI is InChI=1S/C52H35NO/c1-2-14-40(15-3-1)51-48-21-8-9-23-50(48)54-52(51)44-19-10-18-42(35-44)37-26-30-45(31-27-37)53(49-22-11-17-39-13-6-7-20-47(39)49)46-32-28-38(29-33-46)43-25-24-36-12-4-5-16-41(36)34-43/h1-35H. The maximum Gasteiger partial charge on any atom is 0.143 e. The van der Waals surface area contributed by atoms with Crippen LogP contribution >= 0.6 is 0 Å². The number of benzene rings is 9. The summed E-state index contributed by atoms with van der Waals surface area (Å²) in [6, 6.07) is 75.8. The minimum atomic E-state index is 0.884. The molecule has 0 radical (unpaired) electrons. The second-order valence-electron chi connectivity index (χ2n) is 13.7. The zero-order chi connectivity index (χ0) is 35.8. The predicted octanol–water partition coefficient (Wildman–Crippen LogP) is 14.9. The number of nitrogens with zero attached hydrogens (tertiary/aromatic N) is 1.